The maximum atomic E-state index is 6.90. The highest BCUT2D eigenvalue weighted by Crippen LogP contribution is 1.99. The van der Waals surface area contributed by atoms with Crippen LogP contribution in [0.2, 0.25) is 0 Å². The fourth-order valence-corrected chi connectivity index (χ4v) is 0.879. The Morgan fingerprint density at radius 3 is 2.54 bits per heavy atom. The van der Waals surface area contributed by atoms with Crippen LogP contribution in [0.15, 0.2) is 4.99 Å². The zero-order chi connectivity index (χ0) is 10.3. The molecular weight excluding hydrogens is 188 g/mol. The van der Waals surface area contributed by atoms with Crippen molar-refractivity contribution in [1.82, 2.24) is 5.32 Å². The highest BCUT2D eigenvalue weighted by molar-refractivity contribution is 7.81. The zero-order valence-corrected chi connectivity index (χ0v) is 8.22. The molecule has 0 saturated carbocycles. The number of nitrogens with two attached hydrogens (primary N) is 3. The van der Waals surface area contributed by atoms with Gasteiger partial charge in [-0.2, -0.15) is 12.6 Å². The summed E-state index contributed by atoms with van der Waals surface area (Å²) in [5.74, 6) is 0.0287. The first-order chi connectivity index (χ1) is 6.02. The van der Waals surface area contributed by atoms with Gasteiger partial charge in [-0.25, -0.2) is 0 Å². The number of hydrogen-bond donors (Lipinski definition) is 6. The molecule has 0 radical (unpaired) electrons. The Bertz CT molecular complexity index is 188. The van der Waals surface area contributed by atoms with Crippen LogP contribution in [0.1, 0.15) is 6.42 Å². The van der Waals surface area contributed by atoms with Crippen molar-refractivity contribution in [3.63, 3.8) is 0 Å². The second kappa shape index (κ2) is 6.41. The van der Waals surface area contributed by atoms with Gasteiger partial charge in [0.2, 0.25) is 0 Å². The van der Waals surface area contributed by atoms with Crippen LogP contribution in [0.5, 0.6) is 0 Å². The Hall–Kier alpha value is -1.11. The third-order valence-corrected chi connectivity index (χ3v) is 1.73. The van der Waals surface area contributed by atoms with E-state index in [4.69, 9.17) is 22.6 Å². The van der Waals surface area contributed by atoms with Gasteiger partial charge in [0.15, 0.2) is 11.9 Å². The maximum Gasteiger partial charge on any atom is 0.185 e. The van der Waals surface area contributed by atoms with E-state index < -0.39 is 0 Å². The summed E-state index contributed by atoms with van der Waals surface area (Å²) in [5, 5.41) is 9.65. The van der Waals surface area contributed by atoms with Gasteiger partial charge in [0, 0.05) is 18.3 Å². The summed E-state index contributed by atoms with van der Waals surface area (Å²) in [4.78, 5) is 3.80. The first-order valence-corrected chi connectivity index (χ1v) is 4.35. The Balaban J connectivity index is 3.46. The van der Waals surface area contributed by atoms with Crippen molar-refractivity contribution >= 4 is 24.5 Å². The molecule has 6 nitrogen and oxygen atoms in total. The van der Waals surface area contributed by atoms with Crippen LogP contribution in [0.3, 0.4) is 0 Å². The van der Waals surface area contributed by atoms with Gasteiger partial charge in [-0.05, 0) is 6.42 Å². The number of nitrogens with zero attached hydrogens (tertiary/aromatic N) is 1. The van der Waals surface area contributed by atoms with Crippen LogP contribution in [-0.4, -0.2) is 30.3 Å². The van der Waals surface area contributed by atoms with E-state index in [1.165, 1.54) is 0 Å². The lowest BCUT2D eigenvalue weighted by molar-refractivity contribution is 0.734. The average Bonchev–Trinajstić information content (AvgIpc) is 2.00. The van der Waals surface area contributed by atoms with E-state index in [-0.39, 0.29) is 17.2 Å². The summed E-state index contributed by atoms with van der Waals surface area (Å²) in [6.07, 6.45) is 0.737. The molecule has 0 fully saturated rings. The monoisotopic (exact) mass is 204 g/mol. The van der Waals surface area contributed by atoms with Crippen molar-refractivity contribution in [2.24, 2.45) is 22.2 Å². The summed E-state index contributed by atoms with van der Waals surface area (Å²) in [6, 6.07) is 0. The van der Waals surface area contributed by atoms with Crippen LogP contribution in [-0.2, 0) is 0 Å². The SMILES string of the molecule is N=C(N)NCC(S)CCN=C(N)N. The summed E-state index contributed by atoms with van der Waals surface area (Å²) < 4.78 is 0. The molecule has 76 valence electrons. The van der Waals surface area contributed by atoms with E-state index in [1.807, 2.05) is 0 Å². The van der Waals surface area contributed by atoms with Crippen molar-refractivity contribution < 1.29 is 0 Å². The number of thiol groups is 1. The molecule has 0 aromatic rings. The molecule has 0 aliphatic heterocycles. The highest BCUT2D eigenvalue weighted by Gasteiger charge is 2.01. The van der Waals surface area contributed by atoms with Crippen molar-refractivity contribution in [3.8, 4) is 0 Å². The van der Waals surface area contributed by atoms with Crippen molar-refractivity contribution in [3.05, 3.63) is 0 Å². The number of rotatable bonds is 5. The summed E-state index contributed by atoms with van der Waals surface area (Å²) in [5.41, 5.74) is 15.4. The zero-order valence-electron chi connectivity index (χ0n) is 7.33. The molecule has 0 rings (SSSR count). The lowest BCUT2D eigenvalue weighted by Crippen LogP contribution is -2.35. The highest BCUT2D eigenvalue weighted by atomic mass is 32.1. The predicted octanol–water partition coefficient (Wildman–Crippen LogP) is -1.57. The molecule has 0 aliphatic rings. The Labute approximate surface area is 82.9 Å². The fraction of sp³-hybridized carbons (Fsp3) is 0.667. The van der Waals surface area contributed by atoms with Crippen molar-refractivity contribution in [2.75, 3.05) is 13.1 Å². The van der Waals surface area contributed by atoms with E-state index >= 15 is 0 Å². The fourth-order valence-electron chi connectivity index (χ4n) is 0.673. The molecular formula is C6H16N6S. The van der Waals surface area contributed by atoms with E-state index in [9.17, 15) is 0 Å². The molecule has 0 bridgehead atoms. The van der Waals surface area contributed by atoms with Gasteiger partial charge < -0.3 is 22.5 Å². The van der Waals surface area contributed by atoms with Crippen LogP contribution in [0.25, 0.3) is 0 Å². The molecule has 8 N–H and O–H groups in total. The number of aliphatic imine (C=N–C) groups is 1. The largest absolute Gasteiger partial charge is 0.370 e. The van der Waals surface area contributed by atoms with Gasteiger partial charge in [-0.15, -0.1) is 0 Å². The normalized spacial score (nSPS) is 11.8. The van der Waals surface area contributed by atoms with E-state index in [0.29, 0.717) is 13.1 Å². The molecule has 0 amide bonds. The Kier molecular flexibility index (Phi) is 5.86. The molecule has 1 atom stereocenters. The van der Waals surface area contributed by atoms with E-state index in [1.54, 1.807) is 0 Å². The third-order valence-electron chi connectivity index (χ3n) is 1.28. The number of nitrogens with one attached hydrogen (secondary N) is 2. The molecule has 7 heteroatoms. The topological polar surface area (TPSA) is 126 Å². The molecule has 0 heterocycles. The standard InChI is InChI=1S/C6H16N6S/c7-5(8)11-2-1-4(13)3-12-6(9)10/h4,13H,1-3H2,(H4,7,8,11)(H4,9,10,12). The van der Waals surface area contributed by atoms with Gasteiger partial charge >= 0.3 is 0 Å². The van der Waals surface area contributed by atoms with Crippen LogP contribution >= 0.6 is 12.6 Å². The molecule has 0 aromatic heterocycles. The van der Waals surface area contributed by atoms with Crippen LogP contribution < -0.4 is 22.5 Å². The maximum absolute atomic E-state index is 6.90. The minimum absolute atomic E-state index is 0.0547. The second-order valence-corrected chi connectivity index (χ2v) is 3.27. The first kappa shape index (κ1) is 11.9. The first-order valence-electron chi connectivity index (χ1n) is 3.83. The number of hydrogen-bond acceptors (Lipinski definition) is 3. The van der Waals surface area contributed by atoms with Crippen LogP contribution in [0.4, 0.5) is 0 Å². The van der Waals surface area contributed by atoms with E-state index in [0.717, 1.165) is 6.42 Å². The second-order valence-electron chi connectivity index (χ2n) is 2.54. The predicted molar refractivity (Wildman–Crippen MR) is 58.0 cm³/mol. The van der Waals surface area contributed by atoms with Crippen LogP contribution in [0, 0.1) is 5.41 Å². The van der Waals surface area contributed by atoms with E-state index in [2.05, 4.69) is 22.9 Å². The van der Waals surface area contributed by atoms with Crippen molar-refractivity contribution in [2.45, 2.75) is 11.7 Å². The van der Waals surface area contributed by atoms with Gasteiger partial charge in [-0.1, -0.05) is 0 Å². The third kappa shape index (κ3) is 8.80. The van der Waals surface area contributed by atoms with Gasteiger partial charge in [0.05, 0.1) is 0 Å². The smallest absolute Gasteiger partial charge is 0.185 e. The minimum atomic E-state index is -0.0547. The molecule has 13 heavy (non-hydrogen) atoms. The average molecular weight is 204 g/mol. The minimum Gasteiger partial charge on any atom is -0.370 e. The summed E-state index contributed by atoms with van der Waals surface area (Å²) in [7, 11) is 0. The Morgan fingerprint density at radius 2 is 2.08 bits per heavy atom. The summed E-state index contributed by atoms with van der Waals surface area (Å²) >= 11 is 4.24. The lowest BCUT2D eigenvalue weighted by Gasteiger charge is -2.09. The molecule has 0 aromatic carbocycles. The summed E-state index contributed by atoms with van der Waals surface area (Å²) in [6.45, 7) is 1.08. The molecule has 0 spiro atoms. The van der Waals surface area contributed by atoms with Crippen molar-refractivity contribution in [1.29, 1.82) is 5.41 Å². The van der Waals surface area contributed by atoms with Gasteiger partial charge in [0.1, 0.15) is 0 Å². The van der Waals surface area contributed by atoms with Gasteiger partial charge in [-0.3, -0.25) is 10.4 Å². The molecule has 0 saturated heterocycles. The molecule has 1 unspecified atom stereocenters. The quantitative estimate of drug-likeness (QED) is 0.184. The molecule has 0 aliphatic carbocycles. The lowest BCUT2D eigenvalue weighted by atomic mass is 10.3. The van der Waals surface area contributed by atoms with Gasteiger partial charge in [0.25, 0.3) is 0 Å². The Morgan fingerprint density at radius 1 is 1.46 bits per heavy atom. The number of guanidine groups is 2.